The van der Waals surface area contributed by atoms with Crippen LogP contribution in [0.5, 0.6) is 0 Å². The first-order valence-corrected chi connectivity index (χ1v) is 6.12. The number of rotatable bonds is 2. The summed E-state index contributed by atoms with van der Waals surface area (Å²) in [4.78, 5) is 12.2. The number of hydrogen-bond donors (Lipinski definition) is 2. The first kappa shape index (κ1) is 13.8. The second-order valence-electron chi connectivity index (χ2n) is 4.29. The van der Waals surface area contributed by atoms with Crippen LogP contribution in [0.2, 0.25) is 0 Å². The topological polar surface area (TPSA) is 67.2 Å². The van der Waals surface area contributed by atoms with Gasteiger partial charge in [-0.3, -0.25) is 9.48 Å². The highest BCUT2D eigenvalue weighted by molar-refractivity contribution is 6.04. The van der Waals surface area contributed by atoms with Crippen molar-refractivity contribution in [1.82, 2.24) is 9.78 Å². The maximum absolute atomic E-state index is 12.2. The first-order valence-electron chi connectivity index (χ1n) is 6.12. The Labute approximate surface area is 117 Å². The predicted octanol–water partition coefficient (Wildman–Crippen LogP) is 1.32. The average molecular weight is 269 g/mol. The Morgan fingerprint density at radius 1 is 1.45 bits per heavy atom. The van der Waals surface area contributed by atoms with Gasteiger partial charge in [0.2, 0.25) is 0 Å². The first-order chi connectivity index (χ1) is 9.60. The number of amides is 1. The lowest BCUT2D eigenvalue weighted by Crippen LogP contribution is -2.14. The molecule has 2 aromatic rings. The molecular formula is C15H15N3O2. The van der Waals surface area contributed by atoms with E-state index in [4.69, 9.17) is 5.11 Å². The summed E-state index contributed by atoms with van der Waals surface area (Å²) in [6, 6.07) is 8.73. The molecule has 1 aromatic heterocycles. The molecule has 102 valence electrons. The third-order valence-corrected chi connectivity index (χ3v) is 2.68. The summed E-state index contributed by atoms with van der Waals surface area (Å²) in [5, 5.41) is 15.6. The lowest BCUT2D eigenvalue weighted by atomic mass is 10.1. The fraction of sp³-hybridized carbons (Fsp3) is 0.200. The van der Waals surface area contributed by atoms with Gasteiger partial charge in [-0.05, 0) is 25.1 Å². The number of aliphatic hydroxyl groups excluding tert-OH is 1. The van der Waals surface area contributed by atoms with Gasteiger partial charge < -0.3 is 10.4 Å². The van der Waals surface area contributed by atoms with E-state index in [0.29, 0.717) is 16.9 Å². The molecule has 0 radical (unpaired) electrons. The van der Waals surface area contributed by atoms with Gasteiger partial charge in [0.25, 0.3) is 5.91 Å². The highest BCUT2D eigenvalue weighted by atomic mass is 16.2. The van der Waals surface area contributed by atoms with Gasteiger partial charge in [0.15, 0.2) is 0 Å². The summed E-state index contributed by atoms with van der Waals surface area (Å²) in [5.74, 6) is 5.74. The van der Waals surface area contributed by atoms with Crippen LogP contribution in [-0.4, -0.2) is 27.4 Å². The van der Waals surface area contributed by atoms with Crippen LogP contribution in [0, 0.1) is 18.8 Å². The number of aliphatic hydroxyl groups is 1. The molecule has 2 N–H and O–H groups in total. The zero-order valence-electron chi connectivity index (χ0n) is 11.3. The van der Waals surface area contributed by atoms with Crippen molar-refractivity contribution in [2.45, 2.75) is 6.92 Å². The van der Waals surface area contributed by atoms with Crippen LogP contribution in [0.25, 0.3) is 0 Å². The van der Waals surface area contributed by atoms with Gasteiger partial charge in [0.1, 0.15) is 12.4 Å². The molecule has 0 fully saturated rings. The molecule has 0 aliphatic rings. The average Bonchev–Trinajstić information content (AvgIpc) is 2.75. The summed E-state index contributed by atoms with van der Waals surface area (Å²) in [5.41, 5.74) is 2.03. The monoisotopic (exact) mass is 269 g/mol. The van der Waals surface area contributed by atoms with Crippen LogP contribution in [-0.2, 0) is 7.05 Å². The number of carbonyl (C=O) groups excluding carboxylic acids is 1. The van der Waals surface area contributed by atoms with E-state index >= 15 is 0 Å². The molecule has 0 saturated carbocycles. The van der Waals surface area contributed by atoms with Gasteiger partial charge >= 0.3 is 0 Å². The van der Waals surface area contributed by atoms with Crippen molar-refractivity contribution in [3.05, 3.63) is 47.2 Å². The normalized spacial score (nSPS) is 9.75. The van der Waals surface area contributed by atoms with Crippen molar-refractivity contribution < 1.29 is 9.90 Å². The Morgan fingerprint density at radius 3 is 2.90 bits per heavy atom. The van der Waals surface area contributed by atoms with E-state index in [-0.39, 0.29) is 12.5 Å². The summed E-state index contributed by atoms with van der Waals surface area (Å²) < 4.78 is 1.61. The van der Waals surface area contributed by atoms with Gasteiger partial charge in [0, 0.05) is 24.2 Å². The number of hydrogen-bond acceptors (Lipinski definition) is 3. The molecule has 0 aliphatic carbocycles. The number of benzene rings is 1. The van der Waals surface area contributed by atoms with Gasteiger partial charge in [-0.2, -0.15) is 5.10 Å². The molecule has 0 bridgehead atoms. The second kappa shape index (κ2) is 6.04. The largest absolute Gasteiger partial charge is 0.384 e. The maximum atomic E-state index is 12.2. The zero-order valence-corrected chi connectivity index (χ0v) is 11.3. The van der Waals surface area contributed by atoms with Crippen LogP contribution in [0.15, 0.2) is 30.3 Å². The molecule has 20 heavy (non-hydrogen) atoms. The Balaban J connectivity index is 2.19. The van der Waals surface area contributed by atoms with Gasteiger partial charge in [-0.15, -0.1) is 0 Å². The van der Waals surface area contributed by atoms with Gasteiger partial charge in [-0.25, -0.2) is 0 Å². The Kier molecular flexibility index (Phi) is 4.18. The maximum Gasteiger partial charge on any atom is 0.256 e. The van der Waals surface area contributed by atoms with E-state index < -0.39 is 0 Å². The molecule has 1 aromatic carbocycles. The molecule has 0 aliphatic heterocycles. The summed E-state index contributed by atoms with van der Waals surface area (Å²) in [6.07, 6.45) is 0. The molecule has 1 heterocycles. The number of aromatic nitrogens is 2. The van der Waals surface area contributed by atoms with E-state index in [9.17, 15) is 4.79 Å². The number of carbonyl (C=O) groups is 1. The lowest BCUT2D eigenvalue weighted by Gasteiger charge is -2.05. The molecular weight excluding hydrogens is 254 g/mol. The van der Waals surface area contributed by atoms with E-state index in [1.807, 2.05) is 6.92 Å². The lowest BCUT2D eigenvalue weighted by molar-refractivity contribution is 0.102. The van der Waals surface area contributed by atoms with E-state index in [2.05, 4.69) is 22.3 Å². The zero-order chi connectivity index (χ0) is 14.5. The Bertz CT molecular complexity index is 693. The molecule has 0 spiro atoms. The highest BCUT2D eigenvalue weighted by Gasteiger charge is 2.09. The summed E-state index contributed by atoms with van der Waals surface area (Å²) in [6.45, 7) is 1.66. The third kappa shape index (κ3) is 3.25. The molecule has 0 saturated heterocycles. The molecule has 0 atom stereocenters. The minimum absolute atomic E-state index is 0.204. The molecule has 1 amide bonds. The van der Waals surface area contributed by atoms with Crippen molar-refractivity contribution in [2.75, 3.05) is 11.9 Å². The van der Waals surface area contributed by atoms with Crippen LogP contribution in [0.4, 0.5) is 5.82 Å². The smallest absolute Gasteiger partial charge is 0.256 e. The van der Waals surface area contributed by atoms with E-state index in [1.165, 1.54) is 0 Å². The van der Waals surface area contributed by atoms with Crippen LogP contribution < -0.4 is 5.32 Å². The second-order valence-corrected chi connectivity index (χ2v) is 4.29. The van der Waals surface area contributed by atoms with Crippen molar-refractivity contribution in [3.8, 4) is 11.8 Å². The van der Waals surface area contributed by atoms with Gasteiger partial charge in [0.05, 0.1) is 5.69 Å². The van der Waals surface area contributed by atoms with Crippen LogP contribution >= 0.6 is 0 Å². The van der Waals surface area contributed by atoms with Crippen molar-refractivity contribution in [1.29, 1.82) is 0 Å². The Hall–Kier alpha value is -2.58. The van der Waals surface area contributed by atoms with Crippen molar-refractivity contribution >= 4 is 11.7 Å². The standard InChI is InChI=1S/C15H15N3O2/c1-11-9-14(18(2)17-11)16-15(20)13-7-3-5-12(10-13)6-4-8-19/h3,5,7,9-10,19H,8H2,1-2H3,(H,16,20). The fourth-order valence-corrected chi connectivity index (χ4v) is 1.80. The number of nitrogens with one attached hydrogen (secondary N) is 1. The SMILES string of the molecule is Cc1cc(NC(=O)c2cccc(C#CCO)c2)n(C)n1. The van der Waals surface area contributed by atoms with E-state index in [1.54, 1.807) is 42.1 Å². The van der Waals surface area contributed by atoms with Crippen LogP contribution in [0.3, 0.4) is 0 Å². The molecule has 2 rings (SSSR count). The molecule has 5 heteroatoms. The van der Waals surface area contributed by atoms with E-state index in [0.717, 1.165) is 5.69 Å². The van der Waals surface area contributed by atoms with Gasteiger partial charge in [-0.1, -0.05) is 17.9 Å². The predicted molar refractivity (Wildman–Crippen MR) is 76.3 cm³/mol. The molecule has 5 nitrogen and oxygen atoms in total. The van der Waals surface area contributed by atoms with Crippen LogP contribution in [0.1, 0.15) is 21.6 Å². The summed E-state index contributed by atoms with van der Waals surface area (Å²) >= 11 is 0. The summed E-state index contributed by atoms with van der Waals surface area (Å²) in [7, 11) is 1.77. The van der Waals surface area contributed by atoms with Crippen molar-refractivity contribution in [2.24, 2.45) is 7.05 Å². The molecule has 0 unspecified atom stereocenters. The fourth-order valence-electron chi connectivity index (χ4n) is 1.80. The minimum Gasteiger partial charge on any atom is -0.384 e. The number of aryl methyl sites for hydroxylation is 2. The third-order valence-electron chi connectivity index (χ3n) is 2.68. The van der Waals surface area contributed by atoms with Crippen molar-refractivity contribution in [3.63, 3.8) is 0 Å². The minimum atomic E-state index is -0.222. The Morgan fingerprint density at radius 2 is 2.25 bits per heavy atom. The quantitative estimate of drug-likeness (QED) is 0.808. The number of nitrogens with zero attached hydrogens (tertiary/aromatic N) is 2. The highest BCUT2D eigenvalue weighted by Crippen LogP contribution is 2.11. The number of anilines is 1.